The predicted molar refractivity (Wildman–Crippen MR) is 168 cm³/mol. The van der Waals surface area contributed by atoms with E-state index in [2.05, 4.69) is 46.7 Å². The second-order valence-corrected chi connectivity index (χ2v) is 11.5. The molecule has 9 heteroatoms. The van der Waals surface area contributed by atoms with Crippen LogP contribution in [0.1, 0.15) is 48.4 Å². The third-order valence-corrected chi connectivity index (χ3v) is 8.03. The fourth-order valence-electron chi connectivity index (χ4n) is 5.61. The molecule has 4 rings (SSSR count). The van der Waals surface area contributed by atoms with Crippen molar-refractivity contribution in [2.75, 3.05) is 32.7 Å². The third-order valence-electron chi connectivity index (χ3n) is 8.03. The average molecular weight is 607 g/mol. The monoisotopic (exact) mass is 606 g/mol. The first-order chi connectivity index (χ1) is 21.3. The molecule has 1 aliphatic rings. The summed E-state index contributed by atoms with van der Waals surface area (Å²) in [5.41, 5.74) is 3.84. The zero-order valence-corrected chi connectivity index (χ0v) is 25.5. The highest BCUT2D eigenvalue weighted by Crippen LogP contribution is 2.14. The first-order valence-corrected chi connectivity index (χ1v) is 15.5. The van der Waals surface area contributed by atoms with Crippen molar-refractivity contribution in [3.63, 3.8) is 0 Å². The number of aliphatic hydroxyl groups is 1. The predicted octanol–water partition coefficient (Wildman–Crippen LogP) is 4.22. The lowest BCUT2D eigenvalue weighted by Gasteiger charge is -2.25. The van der Waals surface area contributed by atoms with Gasteiger partial charge < -0.3 is 20.6 Å². The highest BCUT2D eigenvalue weighted by molar-refractivity contribution is 5.84. The Kier molecular flexibility index (Phi) is 12.8. The van der Waals surface area contributed by atoms with Crippen molar-refractivity contribution in [3.05, 3.63) is 107 Å². The summed E-state index contributed by atoms with van der Waals surface area (Å²) in [6.07, 6.45) is 0.790. The van der Waals surface area contributed by atoms with Crippen molar-refractivity contribution in [3.8, 4) is 0 Å². The molecule has 3 N–H and O–H groups in total. The van der Waals surface area contributed by atoms with Gasteiger partial charge in [0.15, 0.2) is 0 Å². The number of hydrogen-bond acceptors (Lipinski definition) is 5. The minimum Gasteiger partial charge on any atom is -0.390 e. The van der Waals surface area contributed by atoms with Crippen LogP contribution in [0.15, 0.2) is 72.8 Å². The molecule has 0 saturated carbocycles. The van der Waals surface area contributed by atoms with Crippen LogP contribution < -0.4 is 10.6 Å². The molecule has 1 heterocycles. The molecule has 0 aromatic heterocycles. The normalized spacial score (nSPS) is 15.4. The molecule has 0 radical (unpaired) electrons. The van der Waals surface area contributed by atoms with Gasteiger partial charge in [-0.15, -0.1) is 0 Å². The summed E-state index contributed by atoms with van der Waals surface area (Å²) in [7, 11) is 0. The smallest absolute Gasteiger partial charge is 0.223 e. The van der Waals surface area contributed by atoms with Crippen LogP contribution in [0.4, 0.5) is 8.78 Å². The van der Waals surface area contributed by atoms with Crippen molar-refractivity contribution in [1.82, 2.24) is 20.4 Å². The zero-order chi connectivity index (χ0) is 31.3. The molecule has 7 nitrogen and oxygen atoms in total. The van der Waals surface area contributed by atoms with Crippen LogP contribution in [0.25, 0.3) is 0 Å². The highest BCUT2D eigenvalue weighted by Gasteiger charge is 2.24. The van der Waals surface area contributed by atoms with Gasteiger partial charge in [0.2, 0.25) is 11.8 Å². The summed E-state index contributed by atoms with van der Waals surface area (Å²) in [4.78, 5) is 30.2. The molecule has 2 unspecified atom stereocenters. The van der Waals surface area contributed by atoms with E-state index in [0.29, 0.717) is 25.2 Å². The van der Waals surface area contributed by atoms with Crippen molar-refractivity contribution in [1.29, 1.82) is 0 Å². The maximum atomic E-state index is 13.9. The van der Waals surface area contributed by atoms with Gasteiger partial charge in [-0.25, -0.2) is 8.78 Å². The van der Waals surface area contributed by atoms with E-state index in [1.54, 1.807) is 0 Å². The van der Waals surface area contributed by atoms with Gasteiger partial charge in [-0.1, -0.05) is 61.5 Å². The minimum absolute atomic E-state index is 0.0336. The fourth-order valence-corrected chi connectivity index (χ4v) is 5.61. The Balaban J connectivity index is 1.29. The maximum absolute atomic E-state index is 13.9. The molecule has 236 valence electrons. The molecule has 0 aliphatic carbocycles. The lowest BCUT2D eigenvalue weighted by Crippen LogP contribution is -2.49. The van der Waals surface area contributed by atoms with Crippen molar-refractivity contribution >= 4 is 11.8 Å². The number of rotatable bonds is 14. The van der Waals surface area contributed by atoms with Crippen LogP contribution in [0.3, 0.4) is 0 Å². The molecule has 3 aromatic rings. The van der Waals surface area contributed by atoms with E-state index in [1.807, 2.05) is 35.2 Å². The second-order valence-electron chi connectivity index (χ2n) is 11.5. The zero-order valence-electron chi connectivity index (χ0n) is 25.5. The summed E-state index contributed by atoms with van der Waals surface area (Å²) < 4.78 is 27.8. The SMILES string of the molecule is CCc1cccc(CNCC(O)C(Cc2cc(F)cc(F)c2)NC(=O)CCC(=O)N2CCCN(Cc3ccccc3)CC2)c1. The fraction of sp³-hybridized carbons (Fsp3) is 0.429. The highest BCUT2D eigenvalue weighted by atomic mass is 19.1. The molecular formula is C35H44F2N4O3. The largest absolute Gasteiger partial charge is 0.390 e. The number of benzene rings is 3. The van der Waals surface area contributed by atoms with E-state index in [4.69, 9.17) is 0 Å². The summed E-state index contributed by atoms with van der Waals surface area (Å²) in [5, 5.41) is 17.1. The summed E-state index contributed by atoms with van der Waals surface area (Å²) in [5.74, 6) is -1.92. The van der Waals surface area contributed by atoms with Gasteiger partial charge in [-0.2, -0.15) is 0 Å². The lowest BCUT2D eigenvalue weighted by molar-refractivity contribution is -0.133. The molecule has 2 atom stereocenters. The van der Waals surface area contributed by atoms with Crippen LogP contribution in [-0.4, -0.2) is 71.6 Å². The minimum atomic E-state index is -1.03. The molecule has 1 saturated heterocycles. The number of carbonyl (C=O) groups excluding carboxylic acids is 2. The van der Waals surface area contributed by atoms with Gasteiger partial charge in [-0.05, 0) is 53.6 Å². The Morgan fingerprint density at radius 1 is 0.841 bits per heavy atom. The number of amides is 2. The molecular weight excluding hydrogens is 562 g/mol. The number of aryl methyl sites for hydroxylation is 1. The molecule has 0 bridgehead atoms. The molecule has 44 heavy (non-hydrogen) atoms. The first-order valence-electron chi connectivity index (χ1n) is 15.5. The third kappa shape index (κ3) is 10.8. The number of halogens is 2. The van der Waals surface area contributed by atoms with Crippen molar-refractivity contribution in [2.24, 2.45) is 0 Å². The number of hydrogen-bond donors (Lipinski definition) is 3. The summed E-state index contributed by atoms with van der Waals surface area (Å²) in [6, 6.07) is 20.8. The lowest BCUT2D eigenvalue weighted by atomic mass is 10.00. The standard InChI is InChI=1S/C35H44F2N4O3/c1-2-26-10-6-11-28(18-26)23-38-24-33(42)32(21-29-19-30(36)22-31(37)20-29)39-34(43)12-13-35(44)41-15-7-14-40(16-17-41)25-27-8-4-3-5-9-27/h3-6,8-11,18-20,22,32-33,38,42H,2,7,12-17,21,23-25H2,1H3,(H,39,43). The Morgan fingerprint density at radius 2 is 1.57 bits per heavy atom. The van der Waals surface area contributed by atoms with Gasteiger partial charge in [0, 0.05) is 64.7 Å². The number of nitrogens with one attached hydrogen (secondary N) is 2. The molecule has 3 aromatic carbocycles. The number of aliphatic hydroxyl groups excluding tert-OH is 1. The van der Waals surface area contributed by atoms with Gasteiger partial charge >= 0.3 is 0 Å². The molecule has 1 fully saturated rings. The van der Waals surface area contributed by atoms with Gasteiger partial charge in [0.1, 0.15) is 11.6 Å². The van der Waals surface area contributed by atoms with E-state index in [1.165, 1.54) is 23.3 Å². The summed E-state index contributed by atoms with van der Waals surface area (Å²) in [6.45, 7) is 6.51. The average Bonchev–Trinajstić information content (AvgIpc) is 3.25. The van der Waals surface area contributed by atoms with Crippen molar-refractivity contribution in [2.45, 2.75) is 64.3 Å². The number of nitrogens with zero attached hydrogens (tertiary/aromatic N) is 2. The first kappa shape index (κ1) is 33.2. The van der Waals surface area contributed by atoms with Crippen LogP contribution in [0, 0.1) is 11.6 Å². The quantitative estimate of drug-likeness (QED) is 0.256. The van der Waals surface area contributed by atoms with Gasteiger partial charge in [0.25, 0.3) is 0 Å². The molecule has 0 spiro atoms. The van der Waals surface area contributed by atoms with Crippen LogP contribution >= 0.6 is 0 Å². The second kappa shape index (κ2) is 17.0. The van der Waals surface area contributed by atoms with Crippen LogP contribution in [0.5, 0.6) is 0 Å². The van der Waals surface area contributed by atoms with E-state index in [0.717, 1.165) is 44.1 Å². The van der Waals surface area contributed by atoms with Crippen LogP contribution in [0.2, 0.25) is 0 Å². The Labute approximate surface area is 259 Å². The van der Waals surface area contributed by atoms with E-state index in [-0.39, 0.29) is 31.7 Å². The summed E-state index contributed by atoms with van der Waals surface area (Å²) >= 11 is 0. The van der Waals surface area contributed by atoms with E-state index < -0.39 is 29.7 Å². The van der Waals surface area contributed by atoms with Gasteiger partial charge in [0.05, 0.1) is 12.1 Å². The Hall–Kier alpha value is -3.66. The van der Waals surface area contributed by atoms with Crippen LogP contribution in [-0.2, 0) is 35.5 Å². The topological polar surface area (TPSA) is 84.9 Å². The number of carbonyl (C=O) groups is 2. The van der Waals surface area contributed by atoms with Gasteiger partial charge in [-0.3, -0.25) is 14.5 Å². The molecule has 1 aliphatic heterocycles. The molecule has 2 amide bonds. The van der Waals surface area contributed by atoms with E-state index >= 15 is 0 Å². The Morgan fingerprint density at radius 3 is 2.32 bits per heavy atom. The van der Waals surface area contributed by atoms with E-state index in [9.17, 15) is 23.5 Å². The Bertz CT molecular complexity index is 1340. The van der Waals surface area contributed by atoms with Crippen molar-refractivity contribution < 1.29 is 23.5 Å². The maximum Gasteiger partial charge on any atom is 0.223 e.